The predicted octanol–water partition coefficient (Wildman–Crippen LogP) is 2.22. The second kappa shape index (κ2) is 10.00. The van der Waals surface area contributed by atoms with Gasteiger partial charge in [-0.1, -0.05) is 0 Å². The maximum atomic E-state index is 12.1. The van der Waals surface area contributed by atoms with Crippen molar-refractivity contribution in [2.24, 2.45) is 0 Å². The second-order valence-electron chi connectivity index (χ2n) is 6.68. The molecule has 146 valence electrons. The summed E-state index contributed by atoms with van der Waals surface area (Å²) in [4.78, 5) is 12.1. The highest BCUT2D eigenvalue weighted by Crippen LogP contribution is 2.35. The molecule has 26 heavy (non-hydrogen) atoms. The van der Waals surface area contributed by atoms with Crippen LogP contribution >= 0.6 is 12.4 Å². The largest absolute Gasteiger partial charge is 0.494 e. The molecule has 2 aliphatic rings. The van der Waals surface area contributed by atoms with Crippen molar-refractivity contribution in [2.45, 2.75) is 51.9 Å². The molecule has 2 N–H and O–H groups in total. The van der Waals surface area contributed by atoms with Crippen molar-refractivity contribution in [1.29, 1.82) is 0 Å². The number of hydrogen-bond donors (Lipinski definition) is 2. The Kier molecular flexibility index (Phi) is 8.00. The minimum atomic E-state index is -0.0322. The van der Waals surface area contributed by atoms with Crippen molar-refractivity contribution < 1.29 is 19.0 Å². The Bertz CT molecular complexity index is 605. The third kappa shape index (κ3) is 5.50. The lowest BCUT2D eigenvalue weighted by Crippen LogP contribution is -2.37. The molecular formula is C19H29ClN2O4. The van der Waals surface area contributed by atoms with Gasteiger partial charge < -0.3 is 24.8 Å². The van der Waals surface area contributed by atoms with Gasteiger partial charge in [-0.15, -0.1) is 12.4 Å². The molecule has 0 radical (unpaired) electrons. The summed E-state index contributed by atoms with van der Waals surface area (Å²) in [6.07, 6.45) is 3.51. The van der Waals surface area contributed by atoms with Crippen LogP contribution in [0.1, 0.15) is 37.8 Å². The van der Waals surface area contributed by atoms with E-state index in [0.717, 1.165) is 49.5 Å². The molecule has 2 atom stereocenters. The first kappa shape index (κ1) is 20.8. The second-order valence-corrected chi connectivity index (χ2v) is 6.68. The smallest absolute Gasteiger partial charge is 0.234 e. The number of carbonyl (C=O) groups excluding carboxylic acids is 1. The number of carbonyl (C=O) groups is 1. The molecule has 2 unspecified atom stereocenters. The van der Waals surface area contributed by atoms with Crippen LogP contribution in [-0.2, 0) is 22.5 Å². The van der Waals surface area contributed by atoms with Crippen molar-refractivity contribution in [3.8, 4) is 11.5 Å². The zero-order valence-corrected chi connectivity index (χ0v) is 16.3. The molecule has 1 aromatic rings. The maximum Gasteiger partial charge on any atom is 0.234 e. The fraction of sp³-hybridized carbons (Fsp3) is 0.632. The Morgan fingerprint density at radius 1 is 1.38 bits per heavy atom. The minimum absolute atomic E-state index is 0. The summed E-state index contributed by atoms with van der Waals surface area (Å²) in [5.41, 5.74) is 2.12. The quantitative estimate of drug-likeness (QED) is 0.719. The molecule has 0 aromatic heterocycles. The molecule has 0 spiro atoms. The van der Waals surface area contributed by atoms with Crippen molar-refractivity contribution in [3.63, 3.8) is 0 Å². The third-order valence-corrected chi connectivity index (χ3v) is 4.54. The van der Waals surface area contributed by atoms with E-state index in [1.54, 1.807) is 0 Å². The molecule has 1 amide bonds. The van der Waals surface area contributed by atoms with Crippen LogP contribution in [0.25, 0.3) is 0 Å². The zero-order chi connectivity index (χ0) is 17.6. The zero-order valence-electron chi connectivity index (χ0n) is 15.5. The molecule has 6 nitrogen and oxygen atoms in total. The number of halogens is 1. The van der Waals surface area contributed by atoms with Crippen LogP contribution in [0.4, 0.5) is 0 Å². The van der Waals surface area contributed by atoms with Gasteiger partial charge in [0, 0.05) is 37.2 Å². The molecule has 2 aliphatic heterocycles. The Labute approximate surface area is 161 Å². The summed E-state index contributed by atoms with van der Waals surface area (Å²) in [5, 5.41) is 6.11. The third-order valence-electron chi connectivity index (χ3n) is 4.54. The van der Waals surface area contributed by atoms with Crippen LogP contribution < -0.4 is 20.1 Å². The van der Waals surface area contributed by atoms with E-state index in [1.165, 1.54) is 5.56 Å². The van der Waals surface area contributed by atoms with Gasteiger partial charge in [-0.25, -0.2) is 0 Å². The van der Waals surface area contributed by atoms with E-state index < -0.39 is 0 Å². The topological polar surface area (TPSA) is 68.8 Å². The van der Waals surface area contributed by atoms with Gasteiger partial charge in [0.15, 0.2) is 0 Å². The van der Waals surface area contributed by atoms with Gasteiger partial charge in [0.1, 0.15) is 17.6 Å². The maximum absolute atomic E-state index is 12.1. The normalized spacial score (nSPS) is 20.8. The SMILES string of the molecule is CCOc1cc2c(cc1CNC(=O)CNCC1CCCO1)OC(C)C2.Cl. The van der Waals surface area contributed by atoms with E-state index in [2.05, 4.69) is 17.6 Å². The molecule has 1 aromatic carbocycles. The van der Waals surface area contributed by atoms with Crippen LogP contribution in [0, 0.1) is 0 Å². The molecule has 0 saturated carbocycles. The van der Waals surface area contributed by atoms with E-state index in [9.17, 15) is 4.79 Å². The summed E-state index contributed by atoms with van der Waals surface area (Å²) >= 11 is 0. The van der Waals surface area contributed by atoms with Crippen LogP contribution in [0.5, 0.6) is 11.5 Å². The van der Waals surface area contributed by atoms with E-state index >= 15 is 0 Å². The van der Waals surface area contributed by atoms with E-state index in [0.29, 0.717) is 19.7 Å². The number of benzene rings is 1. The fourth-order valence-electron chi connectivity index (χ4n) is 3.32. The summed E-state index contributed by atoms with van der Waals surface area (Å²) in [5.74, 6) is 1.69. The van der Waals surface area contributed by atoms with Crippen molar-refractivity contribution in [1.82, 2.24) is 10.6 Å². The minimum Gasteiger partial charge on any atom is -0.494 e. The van der Waals surface area contributed by atoms with Gasteiger partial charge in [0.25, 0.3) is 0 Å². The summed E-state index contributed by atoms with van der Waals surface area (Å²) < 4.78 is 17.1. The first-order chi connectivity index (χ1) is 12.2. The highest BCUT2D eigenvalue weighted by atomic mass is 35.5. The first-order valence-corrected chi connectivity index (χ1v) is 9.20. The predicted molar refractivity (Wildman–Crippen MR) is 102 cm³/mol. The number of nitrogens with one attached hydrogen (secondary N) is 2. The molecule has 7 heteroatoms. The van der Waals surface area contributed by atoms with E-state index in [1.807, 2.05) is 19.1 Å². The van der Waals surface area contributed by atoms with Crippen molar-refractivity contribution in [2.75, 3.05) is 26.3 Å². The van der Waals surface area contributed by atoms with Gasteiger partial charge in [0.05, 0.1) is 19.3 Å². The van der Waals surface area contributed by atoms with E-state index in [4.69, 9.17) is 14.2 Å². The lowest BCUT2D eigenvalue weighted by atomic mass is 10.1. The molecule has 0 bridgehead atoms. The Morgan fingerprint density at radius 3 is 2.96 bits per heavy atom. The molecular weight excluding hydrogens is 356 g/mol. The number of rotatable bonds is 8. The highest BCUT2D eigenvalue weighted by molar-refractivity contribution is 5.85. The van der Waals surface area contributed by atoms with Gasteiger partial charge in [0.2, 0.25) is 5.91 Å². The van der Waals surface area contributed by atoms with Gasteiger partial charge in [-0.3, -0.25) is 4.79 Å². The molecule has 0 aliphatic carbocycles. The fourth-order valence-corrected chi connectivity index (χ4v) is 3.32. The molecule has 1 saturated heterocycles. The van der Waals surface area contributed by atoms with E-state index in [-0.39, 0.29) is 30.5 Å². The average Bonchev–Trinajstić information content (AvgIpc) is 3.21. The average molecular weight is 385 g/mol. The Balaban J connectivity index is 0.00000243. The van der Waals surface area contributed by atoms with Crippen molar-refractivity contribution >= 4 is 18.3 Å². The number of ether oxygens (including phenoxy) is 3. The first-order valence-electron chi connectivity index (χ1n) is 9.20. The number of amides is 1. The monoisotopic (exact) mass is 384 g/mol. The van der Waals surface area contributed by atoms with Crippen LogP contribution in [0.3, 0.4) is 0 Å². The lowest BCUT2D eigenvalue weighted by Gasteiger charge is -2.14. The molecule has 1 fully saturated rings. The highest BCUT2D eigenvalue weighted by Gasteiger charge is 2.22. The lowest BCUT2D eigenvalue weighted by molar-refractivity contribution is -0.120. The van der Waals surface area contributed by atoms with Gasteiger partial charge in [-0.2, -0.15) is 0 Å². The summed E-state index contributed by atoms with van der Waals surface area (Å²) in [6, 6.07) is 4.03. The van der Waals surface area contributed by atoms with Gasteiger partial charge in [-0.05, 0) is 38.8 Å². The molecule has 3 rings (SSSR count). The van der Waals surface area contributed by atoms with Crippen LogP contribution in [0.2, 0.25) is 0 Å². The Morgan fingerprint density at radius 2 is 2.23 bits per heavy atom. The van der Waals surface area contributed by atoms with Crippen molar-refractivity contribution in [3.05, 3.63) is 23.3 Å². The molecule has 2 heterocycles. The number of fused-ring (bicyclic) bond motifs is 1. The summed E-state index contributed by atoms with van der Waals surface area (Å²) in [7, 11) is 0. The van der Waals surface area contributed by atoms with Crippen LogP contribution in [-0.4, -0.2) is 44.4 Å². The van der Waals surface area contributed by atoms with Gasteiger partial charge >= 0.3 is 0 Å². The Hall–Kier alpha value is -1.50. The summed E-state index contributed by atoms with van der Waals surface area (Å²) in [6.45, 7) is 6.90. The standard InChI is InChI=1S/C19H28N2O4.ClH/c1-3-23-17-8-14-7-13(2)25-18(14)9-15(17)10-21-19(22)12-20-11-16-5-4-6-24-16;/h8-9,13,16,20H,3-7,10-12H2,1-2H3,(H,21,22);1H. The van der Waals surface area contributed by atoms with Crippen LogP contribution in [0.15, 0.2) is 12.1 Å². The number of hydrogen-bond acceptors (Lipinski definition) is 5.